The lowest BCUT2D eigenvalue weighted by molar-refractivity contribution is 0.0527. The summed E-state index contributed by atoms with van der Waals surface area (Å²) in [4.78, 5) is 11.7. The van der Waals surface area contributed by atoms with Crippen LogP contribution in [0.4, 0.5) is 0 Å². The van der Waals surface area contributed by atoms with Crippen molar-refractivity contribution in [2.24, 2.45) is 0 Å². The number of aromatic nitrogens is 1. The molecule has 88 valence electrons. The topological polar surface area (TPSA) is 52.3 Å². The summed E-state index contributed by atoms with van der Waals surface area (Å²) in [5, 5.41) is 3.66. The van der Waals surface area contributed by atoms with Crippen LogP contribution in [0.25, 0.3) is 11.3 Å². The Kier molecular flexibility index (Phi) is 3.78. The molecule has 17 heavy (non-hydrogen) atoms. The Morgan fingerprint density at radius 3 is 2.94 bits per heavy atom. The molecule has 0 radical (unpaired) electrons. The van der Waals surface area contributed by atoms with E-state index in [2.05, 4.69) is 27.7 Å². The zero-order valence-corrected chi connectivity index (χ0v) is 11.3. The van der Waals surface area contributed by atoms with Crippen LogP contribution in [0, 0.1) is 3.57 Å². The molecule has 0 saturated carbocycles. The third kappa shape index (κ3) is 2.49. The van der Waals surface area contributed by atoms with E-state index in [-0.39, 0.29) is 0 Å². The van der Waals surface area contributed by atoms with Gasteiger partial charge < -0.3 is 9.26 Å². The molecule has 0 spiro atoms. The minimum Gasteiger partial charge on any atom is -0.462 e. The van der Waals surface area contributed by atoms with E-state index in [4.69, 9.17) is 9.26 Å². The molecule has 4 nitrogen and oxygen atoms in total. The molecule has 2 aromatic rings. The molecule has 0 atom stereocenters. The van der Waals surface area contributed by atoms with E-state index in [1.54, 1.807) is 6.92 Å². The van der Waals surface area contributed by atoms with Crippen molar-refractivity contribution in [3.8, 4) is 11.3 Å². The van der Waals surface area contributed by atoms with Crippen LogP contribution in [0.2, 0.25) is 0 Å². The average molecular weight is 343 g/mol. The molecule has 1 aromatic heterocycles. The van der Waals surface area contributed by atoms with Crippen molar-refractivity contribution in [2.45, 2.75) is 6.92 Å². The van der Waals surface area contributed by atoms with Crippen LogP contribution >= 0.6 is 22.6 Å². The van der Waals surface area contributed by atoms with Crippen molar-refractivity contribution in [3.05, 3.63) is 39.6 Å². The minimum absolute atomic E-state index is 0.329. The fourth-order valence-corrected chi connectivity index (χ4v) is 2.07. The molecule has 0 bridgehead atoms. The zero-order valence-electron chi connectivity index (χ0n) is 9.14. The summed E-state index contributed by atoms with van der Waals surface area (Å²) in [7, 11) is 0. The lowest BCUT2D eigenvalue weighted by Crippen LogP contribution is -2.04. The predicted molar refractivity (Wildman–Crippen MR) is 70.6 cm³/mol. The van der Waals surface area contributed by atoms with Crippen LogP contribution in [0.15, 0.2) is 35.0 Å². The second kappa shape index (κ2) is 5.31. The molecule has 0 unspecified atom stereocenters. The Balaban J connectivity index is 2.44. The van der Waals surface area contributed by atoms with Crippen molar-refractivity contribution in [1.82, 2.24) is 5.16 Å². The Bertz CT molecular complexity index is 536. The van der Waals surface area contributed by atoms with Crippen molar-refractivity contribution in [2.75, 3.05) is 6.61 Å². The molecular weight excluding hydrogens is 333 g/mol. The van der Waals surface area contributed by atoms with E-state index in [0.717, 1.165) is 9.13 Å². The van der Waals surface area contributed by atoms with Crippen LogP contribution in [-0.2, 0) is 4.74 Å². The summed E-state index contributed by atoms with van der Waals surface area (Å²) in [6.45, 7) is 2.09. The number of ether oxygens (including phenoxy) is 1. The first-order valence-corrected chi connectivity index (χ1v) is 6.18. The van der Waals surface area contributed by atoms with Crippen LogP contribution in [0.1, 0.15) is 17.3 Å². The highest BCUT2D eigenvalue weighted by Crippen LogP contribution is 2.28. The summed E-state index contributed by atoms with van der Waals surface area (Å²) >= 11 is 2.18. The van der Waals surface area contributed by atoms with Crippen molar-refractivity contribution >= 4 is 28.6 Å². The second-order valence-corrected chi connectivity index (χ2v) is 4.43. The van der Waals surface area contributed by atoms with Gasteiger partial charge in [0.2, 0.25) is 0 Å². The summed E-state index contributed by atoms with van der Waals surface area (Å²) in [6, 6.07) is 7.62. The number of carbonyl (C=O) groups excluding carboxylic acids is 1. The monoisotopic (exact) mass is 343 g/mol. The third-order valence-corrected chi connectivity index (χ3v) is 3.12. The van der Waals surface area contributed by atoms with Gasteiger partial charge in [0, 0.05) is 9.13 Å². The SMILES string of the molecule is CCOC(=O)c1cnoc1-c1ccccc1I. The standard InChI is InChI=1S/C12H10INO3/c1-2-16-12(15)9-7-14-17-11(9)8-5-3-4-6-10(8)13/h3-7H,2H2,1H3. The molecule has 0 amide bonds. The number of benzene rings is 1. The van der Waals surface area contributed by atoms with Crippen LogP contribution < -0.4 is 0 Å². The van der Waals surface area contributed by atoms with Gasteiger partial charge in [0.05, 0.1) is 12.8 Å². The second-order valence-electron chi connectivity index (χ2n) is 3.27. The van der Waals surface area contributed by atoms with Crippen LogP contribution in [0.3, 0.4) is 0 Å². The largest absolute Gasteiger partial charge is 0.462 e. The first kappa shape index (κ1) is 12.1. The minimum atomic E-state index is -0.414. The van der Waals surface area contributed by atoms with E-state index in [1.807, 2.05) is 24.3 Å². The number of carbonyl (C=O) groups is 1. The van der Waals surface area contributed by atoms with Crippen molar-refractivity contribution in [1.29, 1.82) is 0 Å². The van der Waals surface area contributed by atoms with Crippen LogP contribution in [-0.4, -0.2) is 17.7 Å². The lowest BCUT2D eigenvalue weighted by Gasteiger charge is -2.03. The highest BCUT2D eigenvalue weighted by atomic mass is 127. The van der Waals surface area contributed by atoms with Crippen molar-refractivity contribution < 1.29 is 14.1 Å². The number of rotatable bonds is 3. The zero-order chi connectivity index (χ0) is 12.3. The number of hydrogen-bond acceptors (Lipinski definition) is 4. The first-order chi connectivity index (χ1) is 8.24. The van der Waals surface area contributed by atoms with Gasteiger partial charge >= 0.3 is 5.97 Å². The smallest absolute Gasteiger partial charge is 0.343 e. The Morgan fingerprint density at radius 2 is 2.24 bits per heavy atom. The summed E-state index contributed by atoms with van der Waals surface area (Å²) < 4.78 is 11.1. The molecular formula is C12H10INO3. The number of hydrogen-bond donors (Lipinski definition) is 0. The normalized spacial score (nSPS) is 10.2. The summed E-state index contributed by atoms with van der Waals surface area (Å²) in [5.74, 6) is 0.0388. The van der Waals surface area contributed by atoms with Crippen molar-refractivity contribution in [3.63, 3.8) is 0 Å². The number of halogens is 1. The molecule has 5 heteroatoms. The molecule has 0 aliphatic rings. The van der Waals surface area contributed by atoms with E-state index in [1.165, 1.54) is 6.20 Å². The van der Waals surface area contributed by atoms with E-state index >= 15 is 0 Å². The maximum absolute atomic E-state index is 11.7. The van der Waals surface area contributed by atoms with E-state index in [9.17, 15) is 4.79 Å². The molecule has 0 aliphatic carbocycles. The van der Waals surface area contributed by atoms with Gasteiger partial charge in [-0.1, -0.05) is 23.4 Å². The molecule has 0 aliphatic heterocycles. The maximum Gasteiger partial charge on any atom is 0.343 e. The van der Waals surface area contributed by atoms with E-state index < -0.39 is 5.97 Å². The van der Waals surface area contributed by atoms with Gasteiger partial charge in [0.25, 0.3) is 0 Å². The molecule has 0 N–H and O–H groups in total. The van der Waals surface area contributed by atoms with Gasteiger partial charge in [-0.15, -0.1) is 0 Å². The average Bonchev–Trinajstić information content (AvgIpc) is 2.79. The summed E-state index contributed by atoms with van der Waals surface area (Å²) in [5.41, 5.74) is 1.20. The lowest BCUT2D eigenvalue weighted by atomic mass is 10.1. The molecule has 0 fully saturated rings. The Morgan fingerprint density at radius 1 is 1.47 bits per heavy atom. The molecule has 1 heterocycles. The number of esters is 1. The Hall–Kier alpha value is -1.37. The molecule has 2 rings (SSSR count). The van der Waals surface area contributed by atoms with Gasteiger partial charge in [-0.05, 0) is 35.6 Å². The van der Waals surface area contributed by atoms with Gasteiger partial charge in [-0.25, -0.2) is 4.79 Å². The molecule has 1 aromatic carbocycles. The van der Waals surface area contributed by atoms with Gasteiger partial charge in [-0.3, -0.25) is 0 Å². The highest BCUT2D eigenvalue weighted by Gasteiger charge is 2.20. The van der Waals surface area contributed by atoms with Crippen LogP contribution in [0.5, 0.6) is 0 Å². The predicted octanol–water partition coefficient (Wildman–Crippen LogP) is 3.12. The quantitative estimate of drug-likeness (QED) is 0.635. The molecule has 0 saturated heterocycles. The number of nitrogens with zero attached hydrogens (tertiary/aromatic N) is 1. The maximum atomic E-state index is 11.7. The third-order valence-electron chi connectivity index (χ3n) is 2.18. The summed E-state index contributed by atoms with van der Waals surface area (Å²) in [6.07, 6.45) is 1.39. The fourth-order valence-electron chi connectivity index (χ4n) is 1.43. The van der Waals surface area contributed by atoms with Gasteiger partial charge in [0.15, 0.2) is 5.76 Å². The first-order valence-electron chi connectivity index (χ1n) is 5.10. The van der Waals surface area contributed by atoms with E-state index in [0.29, 0.717) is 17.9 Å². The van der Waals surface area contributed by atoms with Gasteiger partial charge in [0.1, 0.15) is 5.56 Å². The highest BCUT2D eigenvalue weighted by molar-refractivity contribution is 14.1. The Labute approximate surface area is 112 Å². The fraction of sp³-hybridized carbons (Fsp3) is 0.167. The van der Waals surface area contributed by atoms with Gasteiger partial charge in [-0.2, -0.15) is 0 Å².